The van der Waals surface area contributed by atoms with Gasteiger partial charge in [0.05, 0.1) is 12.1 Å². The van der Waals surface area contributed by atoms with E-state index >= 15 is 0 Å². The number of carbonyl (C=O) groups is 1. The van der Waals surface area contributed by atoms with E-state index in [9.17, 15) is 9.90 Å². The highest BCUT2D eigenvalue weighted by Gasteiger charge is 2.20. The van der Waals surface area contributed by atoms with Crippen LogP contribution in [0.2, 0.25) is 0 Å². The van der Waals surface area contributed by atoms with Crippen molar-refractivity contribution in [2.24, 2.45) is 7.05 Å². The highest BCUT2D eigenvalue weighted by molar-refractivity contribution is 9.10. The minimum absolute atomic E-state index is 0.193. The Labute approximate surface area is 126 Å². The van der Waals surface area contributed by atoms with Gasteiger partial charge < -0.3 is 15.0 Å². The molecule has 0 radical (unpaired) electrons. The third kappa shape index (κ3) is 3.29. The van der Waals surface area contributed by atoms with Crippen molar-refractivity contribution in [3.8, 4) is 0 Å². The zero-order valence-corrected chi connectivity index (χ0v) is 13.0. The smallest absolute Gasteiger partial charge is 0.268 e. The maximum atomic E-state index is 12.1. The molecule has 1 aromatic heterocycles. The molecule has 1 amide bonds. The third-order valence-corrected chi connectivity index (χ3v) is 3.75. The Morgan fingerprint density at radius 2 is 1.95 bits per heavy atom. The van der Waals surface area contributed by atoms with Gasteiger partial charge in [-0.2, -0.15) is 0 Å². The first kappa shape index (κ1) is 14.8. The van der Waals surface area contributed by atoms with Crippen molar-refractivity contribution in [1.82, 2.24) is 9.88 Å². The number of amides is 1. The summed E-state index contributed by atoms with van der Waals surface area (Å²) in [6.07, 6.45) is 1.07. The number of aryl methyl sites for hydroxylation is 1. The number of halogens is 1. The van der Waals surface area contributed by atoms with Gasteiger partial charge >= 0.3 is 0 Å². The quantitative estimate of drug-likeness (QED) is 0.901. The predicted molar refractivity (Wildman–Crippen MR) is 81.4 cm³/mol. The Morgan fingerprint density at radius 3 is 2.50 bits per heavy atom. The van der Waals surface area contributed by atoms with E-state index in [1.54, 1.807) is 17.6 Å². The molecule has 0 saturated heterocycles. The summed E-state index contributed by atoms with van der Waals surface area (Å²) in [5.74, 6) is -0.193. The lowest BCUT2D eigenvalue weighted by molar-refractivity contribution is 0.0844. The maximum absolute atomic E-state index is 12.1. The second-order valence-corrected chi connectivity index (χ2v) is 5.68. The lowest BCUT2D eigenvalue weighted by atomic mass is 10.0. The normalized spacial score (nSPS) is 13.8. The van der Waals surface area contributed by atoms with Gasteiger partial charge in [0, 0.05) is 17.7 Å². The summed E-state index contributed by atoms with van der Waals surface area (Å²) >= 11 is 3.35. The average Bonchev–Trinajstić information content (AvgIpc) is 2.85. The molecule has 0 fully saturated rings. The number of aliphatic hydroxyl groups excluding tert-OH is 1. The molecule has 0 aliphatic carbocycles. The van der Waals surface area contributed by atoms with Crippen molar-refractivity contribution in [2.75, 3.05) is 0 Å². The maximum Gasteiger partial charge on any atom is 0.268 e. The Bertz CT molecular complexity index is 592. The van der Waals surface area contributed by atoms with Crippen LogP contribution in [0.3, 0.4) is 0 Å². The summed E-state index contributed by atoms with van der Waals surface area (Å²) in [6, 6.07) is 10.6. The lowest BCUT2D eigenvalue weighted by Gasteiger charge is -2.20. The molecule has 106 valence electrons. The van der Waals surface area contributed by atoms with Crippen molar-refractivity contribution in [2.45, 2.75) is 19.1 Å². The topological polar surface area (TPSA) is 54.3 Å². The number of hydrogen-bond acceptors (Lipinski definition) is 2. The largest absolute Gasteiger partial charge is 0.386 e. The third-order valence-electron chi connectivity index (χ3n) is 3.22. The molecule has 0 spiro atoms. The molecule has 0 aliphatic heterocycles. The fraction of sp³-hybridized carbons (Fsp3) is 0.267. The van der Waals surface area contributed by atoms with E-state index < -0.39 is 6.10 Å². The predicted octanol–water partition coefficient (Wildman–Crippen LogP) is 2.64. The first-order valence-electron chi connectivity index (χ1n) is 6.35. The van der Waals surface area contributed by atoms with Crippen molar-refractivity contribution >= 4 is 21.8 Å². The van der Waals surface area contributed by atoms with E-state index in [1.807, 2.05) is 43.6 Å². The van der Waals surface area contributed by atoms with Crippen LogP contribution < -0.4 is 5.32 Å². The molecule has 0 saturated carbocycles. The summed E-state index contributed by atoms with van der Waals surface area (Å²) < 4.78 is 2.70. The van der Waals surface area contributed by atoms with Gasteiger partial charge in [-0.3, -0.25) is 4.79 Å². The van der Waals surface area contributed by atoms with Crippen molar-refractivity contribution in [3.05, 3.63) is 58.3 Å². The van der Waals surface area contributed by atoms with Gasteiger partial charge in [0.25, 0.3) is 5.91 Å². The Hall–Kier alpha value is -1.59. The molecule has 1 heterocycles. The van der Waals surface area contributed by atoms with Crippen LogP contribution in [0.25, 0.3) is 0 Å². The summed E-state index contributed by atoms with van der Waals surface area (Å²) in [5, 5.41) is 13.1. The molecular formula is C15H17BrN2O2. The molecule has 20 heavy (non-hydrogen) atoms. The van der Waals surface area contributed by atoms with Gasteiger partial charge in [-0.15, -0.1) is 0 Å². The van der Waals surface area contributed by atoms with E-state index in [2.05, 4.69) is 21.2 Å². The van der Waals surface area contributed by atoms with E-state index in [-0.39, 0.29) is 11.9 Å². The number of benzene rings is 1. The molecule has 1 aromatic carbocycles. The number of carbonyl (C=O) groups excluding carboxylic acids is 1. The Morgan fingerprint density at radius 1 is 1.30 bits per heavy atom. The average molecular weight is 337 g/mol. The van der Waals surface area contributed by atoms with Gasteiger partial charge in [-0.05, 0) is 36.8 Å². The molecule has 2 rings (SSSR count). The summed E-state index contributed by atoms with van der Waals surface area (Å²) in [6.45, 7) is 1.79. The molecular weight excluding hydrogens is 320 g/mol. The monoisotopic (exact) mass is 336 g/mol. The fourth-order valence-electron chi connectivity index (χ4n) is 2.01. The van der Waals surface area contributed by atoms with Crippen molar-refractivity contribution in [3.63, 3.8) is 0 Å². The van der Waals surface area contributed by atoms with E-state index in [4.69, 9.17) is 0 Å². The van der Waals surface area contributed by atoms with Crippen LogP contribution in [0.15, 0.2) is 47.1 Å². The number of nitrogens with one attached hydrogen (secondary N) is 1. The standard InChI is InChI=1S/C15H17BrN2O2/c1-10(14(19)11-5-7-12(16)8-6-11)17-15(20)13-4-3-9-18(13)2/h3-10,14,19H,1-2H3,(H,17,20). The minimum Gasteiger partial charge on any atom is -0.386 e. The van der Waals surface area contributed by atoms with Crippen molar-refractivity contribution < 1.29 is 9.90 Å². The summed E-state index contributed by atoms with van der Waals surface area (Å²) in [5.41, 5.74) is 1.34. The second kappa shape index (κ2) is 6.24. The molecule has 2 unspecified atom stereocenters. The number of nitrogens with zero attached hydrogens (tertiary/aromatic N) is 1. The van der Waals surface area contributed by atoms with E-state index in [0.717, 1.165) is 10.0 Å². The van der Waals surface area contributed by atoms with Gasteiger partial charge in [0.1, 0.15) is 5.69 Å². The van der Waals surface area contributed by atoms with Crippen molar-refractivity contribution in [1.29, 1.82) is 0 Å². The van der Waals surface area contributed by atoms with E-state index in [1.165, 1.54) is 0 Å². The van der Waals surface area contributed by atoms with Gasteiger partial charge in [-0.1, -0.05) is 28.1 Å². The van der Waals surface area contributed by atoms with Crippen LogP contribution >= 0.6 is 15.9 Å². The van der Waals surface area contributed by atoms with Crippen LogP contribution in [0.5, 0.6) is 0 Å². The molecule has 0 aliphatic rings. The molecule has 2 atom stereocenters. The first-order chi connectivity index (χ1) is 9.49. The number of rotatable bonds is 4. The highest BCUT2D eigenvalue weighted by atomic mass is 79.9. The first-order valence-corrected chi connectivity index (χ1v) is 7.14. The molecule has 0 bridgehead atoms. The zero-order chi connectivity index (χ0) is 14.7. The second-order valence-electron chi connectivity index (χ2n) is 4.76. The van der Waals surface area contributed by atoms with Crippen LogP contribution in [-0.2, 0) is 7.05 Å². The van der Waals surface area contributed by atoms with Gasteiger partial charge in [0.15, 0.2) is 0 Å². The molecule has 5 heteroatoms. The lowest BCUT2D eigenvalue weighted by Crippen LogP contribution is -2.37. The SMILES string of the molecule is CC(NC(=O)c1cccn1C)C(O)c1ccc(Br)cc1. The number of aromatic nitrogens is 1. The number of aliphatic hydroxyl groups is 1. The minimum atomic E-state index is -0.743. The Kier molecular flexibility index (Phi) is 4.62. The zero-order valence-electron chi connectivity index (χ0n) is 11.4. The van der Waals surface area contributed by atoms with Crippen LogP contribution in [0, 0.1) is 0 Å². The van der Waals surface area contributed by atoms with E-state index in [0.29, 0.717) is 5.69 Å². The van der Waals surface area contributed by atoms with Crippen LogP contribution in [0.4, 0.5) is 0 Å². The van der Waals surface area contributed by atoms with Crippen LogP contribution in [0.1, 0.15) is 29.1 Å². The van der Waals surface area contributed by atoms with Gasteiger partial charge in [-0.25, -0.2) is 0 Å². The van der Waals surface area contributed by atoms with Crippen LogP contribution in [-0.4, -0.2) is 21.6 Å². The molecule has 2 aromatic rings. The summed E-state index contributed by atoms with van der Waals surface area (Å²) in [4.78, 5) is 12.1. The Balaban J connectivity index is 2.04. The number of hydrogen-bond donors (Lipinski definition) is 2. The fourth-order valence-corrected chi connectivity index (χ4v) is 2.27. The molecule has 4 nitrogen and oxygen atoms in total. The summed E-state index contributed by atoms with van der Waals surface area (Å²) in [7, 11) is 1.81. The highest BCUT2D eigenvalue weighted by Crippen LogP contribution is 2.19. The van der Waals surface area contributed by atoms with Gasteiger partial charge in [0.2, 0.25) is 0 Å². The molecule has 2 N–H and O–H groups in total.